The van der Waals surface area contributed by atoms with Gasteiger partial charge in [0.1, 0.15) is 5.69 Å². The van der Waals surface area contributed by atoms with Crippen molar-refractivity contribution in [3.63, 3.8) is 0 Å². The molecule has 36 heavy (non-hydrogen) atoms. The number of ether oxygens (including phenoxy) is 1. The third-order valence-corrected chi connectivity index (χ3v) is 6.49. The molecule has 0 bridgehead atoms. The summed E-state index contributed by atoms with van der Waals surface area (Å²) < 4.78 is 7.22. The molecule has 1 fully saturated rings. The smallest absolute Gasteiger partial charge is 0.306 e. The van der Waals surface area contributed by atoms with E-state index in [1.54, 1.807) is 43.6 Å². The second kappa shape index (κ2) is 11.4. The summed E-state index contributed by atoms with van der Waals surface area (Å²) in [6.45, 7) is 8.89. The van der Waals surface area contributed by atoms with E-state index in [-0.39, 0.29) is 12.3 Å². The van der Waals surface area contributed by atoms with Crippen LogP contribution in [-0.4, -0.2) is 74.7 Å². The Morgan fingerprint density at radius 3 is 2.61 bits per heavy atom. The maximum absolute atomic E-state index is 13.2. The van der Waals surface area contributed by atoms with Crippen molar-refractivity contribution >= 4 is 11.9 Å². The van der Waals surface area contributed by atoms with Crippen LogP contribution in [0.2, 0.25) is 0 Å². The average molecular weight is 493 g/mol. The summed E-state index contributed by atoms with van der Waals surface area (Å²) in [4.78, 5) is 31.2. The Morgan fingerprint density at radius 2 is 1.89 bits per heavy atom. The molecule has 2 N–H and O–H groups in total. The normalized spacial score (nSPS) is 15.8. The lowest BCUT2D eigenvalue weighted by Crippen LogP contribution is -2.45. The van der Waals surface area contributed by atoms with Crippen molar-refractivity contribution in [2.75, 3.05) is 32.8 Å². The highest BCUT2D eigenvalue weighted by molar-refractivity contribution is 5.96. The zero-order chi connectivity index (χ0) is 25.5. The molecule has 10 nitrogen and oxygen atoms in total. The van der Waals surface area contributed by atoms with Crippen LogP contribution in [0.25, 0.3) is 11.3 Å². The molecule has 0 aliphatic carbocycles. The number of hydrogen-bond acceptors (Lipinski definition) is 7. The second-order valence-electron chi connectivity index (χ2n) is 9.30. The van der Waals surface area contributed by atoms with Gasteiger partial charge in [-0.1, -0.05) is 11.3 Å². The van der Waals surface area contributed by atoms with Crippen molar-refractivity contribution in [2.45, 2.75) is 38.8 Å². The van der Waals surface area contributed by atoms with Gasteiger partial charge in [0, 0.05) is 49.7 Å². The molecule has 0 saturated carbocycles. The molecule has 3 heterocycles. The number of aliphatic carboxylic acids is 1. The summed E-state index contributed by atoms with van der Waals surface area (Å²) in [5.41, 5.74) is 2.46. The van der Waals surface area contributed by atoms with Gasteiger partial charge in [0.25, 0.3) is 5.91 Å². The number of aryl methyl sites for hydroxylation is 2. The van der Waals surface area contributed by atoms with Gasteiger partial charge in [0.15, 0.2) is 0 Å². The number of hydrogen-bond donors (Lipinski definition) is 2. The molecular weight excluding hydrogens is 460 g/mol. The highest BCUT2D eigenvalue weighted by Crippen LogP contribution is 2.27. The lowest BCUT2D eigenvalue weighted by Gasteiger charge is -2.30. The van der Waals surface area contributed by atoms with Crippen molar-refractivity contribution in [3.05, 3.63) is 65.6 Å². The van der Waals surface area contributed by atoms with E-state index in [2.05, 4.69) is 25.5 Å². The fourth-order valence-electron chi connectivity index (χ4n) is 4.41. The number of rotatable bonds is 10. The number of pyridine rings is 1. The van der Waals surface area contributed by atoms with Crippen molar-refractivity contribution in [3.8, 4) is 11.3 Å². The molecule has 10 heteroatoms. The number of carboxylic acid groups (broad SMARTS) is 1. The molecule has 3 aromatic rings. The number of benzene rings is 1. The molecule has 1 aliphatic rings. The molecule has 1 aliphatic heterocycles. The van der Waals surface area contributed by atoms with Gasteiger partial charge < -0.3 is 15.2 Å². The molecule has 0 spiro atoms. The minimum Gasteiger partial charge on any atom is -0.481 e. The summed E-state index contributed by atoms with van der Waals surface area (Å²) in [6, 6.07) is 8.79. The van der Waals surface area contributed by atoms with E-state index >= 15 is 0 Å². The van der Waals surface area contributed by atoms with E-state index < -0.39 is 11.5 Å². The summed E-state index contributed by atoms with van der Waals surface area (Å²) in [7, 11) is 0. The first-order valence-corrected chi connectivity index (χ1v) is 12.1. The number of morpholine rings is 1. The van der Waals surface area contributed by atoms with Crippen molar-refractivity contribution < 1.29 is 19.4 Å². The van der Waals surface area contributed by atoms with Gasteiger partial charge in [-0.05, 0) is 55.7 Å². The van der Waals surface area contributed by atoms with E-state index in [0.717, 1.165) is 56.9 Å². The van der Waals surface area contributed by atoms with E-state index in [0.29, 0.717) is 16.8 Å². The molecule has 2 aromatic heterocycles. The van der Waals surface area contributed by atoms with Crippen LogP contribution in [0.15, 0.2) is 48.9 Å². The number of nitrogens with one attached hydrogen (secondary N) is 1. The van der Waals surface area contributed by atoms with Crippen LogP contribution >= 0.6 is 0 Å². The van der Waals surface area contributed by atoms with Crippen molar-refractivity contribution in [2.24, 2.45) is 0 Å². The Kier molecular flexibility index (Phi) is 8.07. The SMILES string of the molecule is Cc1ccc(C(=O)NC(C)(CC(=O)O)c2ccncc2)cc1-c1cn(CCCN2CCOCC2)nn1. The van der Waals surface area contributed by atoms with E-state index in [1.807, 2.05) is 23.9 Å². The fourth-order valence-corrected chi connectivity index (χ4v) is 4.41. The molecule has 1 saturated heterocycles. The number of carbonyl (C=O) groups is 2. The largest absolute Gasteiger partial charge is 0.481 e. The number of nitrogens with zero attached hydrogens (tertiary/aromatic N) is 5. The summed E-state index contributed by atoms with van der Waals surface area (Å²) in [5.74, 6) is -1.38. The number of amides is 1. The minimum atomic E-state index is -1.10. The highest BCUT2D eigenvalue weighted by atomic mass is 16.5. The molecular formula is C26H32N6O4. The minimum absolute atomic E-state index is 0.264. The number of carboxylic acids is 1. The first kappa shape index (κ1) is 25.5. The Balaban J connectivity index is 1.47. The van der Waals surface area contributed by atoms with Crippen molar-refractivity contribution in [1.82, 2.24) is 30.2 Å². The van der Waals surface area contributed by atoms with Crippen LogP contribution < -0.4 is 5.32 Å². The highest BCUT2D eigenvalue weighted by Gasteiger charge is 2.32. The quantitative estimate of drug-likeness (QED) is 0.443. The van der Waals surface area contributed by atoms with Gasteiger partial charge in [-0.2, -0.15) is 0 Å². The number of aromatic nitrogens is 4. The van der Waals surface area contributed by atoms with E-state index in [1.165, 1.54) is 0 Å². The zero-order valence-electron chi connectivity index (χ0n) is 20.7. The number of carbonyl (C=O) groups excluding carboxylic acids is 1. The lowest BCUT2D eigenvalue weighted by molar-refractivity contribution is -0.138. The van der Waals surface area contributed by atoms with Crippen LogP contribution in [0.3, 0.4) is 0 Å². The molecule has 4 rings (SSSR count). The molecule has 1 aromatic carbocycles. The van der Waals surface area contributed by atoms with Gasteiger partial charge in [0.2, 0.25) is 0 Å². The van der Waals surface area contributed by atoms with Crippen LogP contribution in [0, 0.1) is 6.92 Å². The maximum Gasteiger partial charge on any atom is 0.306 e. The summed E-state index contributed by atoms with van der Waals surface area (Å²) in [6.07, 6.45) is 5.75. The molecule has 1 atom stereocenters. The standard InChI is InChI=1S/C26H32N6O4/c1-19-4-5-20(25(35)28-26(2,17-24(33)34)21-6-8-27-9-7-21)16-22(19)23-18-32(30-29-23)11-3-10-31-12-14-36-15-13-31/h4-9,16,18H,3,10-15,17H2,1-2H3,(H,28,35)(H,33,34). The lowest BCUT2D eigenvalue weighted by atomic mass is 9.88. The average Bonchev–Trinajstić information content (AvgIpc) is 3.33. The van der Waals surface area contributed by atoms with Gasteiger partial charge in [0.05, 0.1) is 31.4 Å². The summed E-state index contributed by atoms with van der Waals surface area (Å²) >= 11 is 0. The van der Waals surface area contributed by atoms with Gasteiger partial charge in [-0.15, -0.1) is 5.10 Å². The van der Waals surface area contributed by atoms with E-state index in [9.17, 15) is 14.7 Å². The molecule has 1 amide bonds. The third kappa shape index (κ3) is 6.32. The van der Waals surface area contributed by atoms with Crippen molar-refractivity contribution in [1.29, 1.82) is 0 Å². The van der Waals surface area contributed by atoms with Gasteiger partial charge >= 0.3 is 5.97 Å². The Bertz CT molecular complexity index is 1190. The first-order chi connectivity index (χ1) is 17.3. The topological polar surface area (TPSA) is 122 Å². The monoisotopic (exact) mass is 492 g/mol. The summed E-state index contributed by atoms with van der Waals surface area (Å²) in [5, 5.41) is 21.0. The third-order valence-electron chi connectivity index (χ3n) is 6.49. The van der Waals surface area contributed by atoms with Crippen LogP contribution in [-0.2, 0) is 21.6 Å². The molecule has 190 valence electrons. The predicted octanol–water partition coefficient (Wildman–Crippen LogP) is 2.49. The Hall–Kier alpha value is -3.63. The molecule has 0 radical (unpaired) electrons. The fraction of sp³-hybridized carbons (Fsp3) is 0.423. The van der Waals surface area contributed by atoms with Crippen LogP contribution in [0.1, 0.15) is 41.3 Å². The second-order valence-corrected chi connectivity index (χ2v) is 9.30. The maximum atomic E-state index is 13.2. The van der Waals surface area contributed by atoms with Crippen LogP contribution in [0.5, 0.6) is 0 Å². The zero-order valence-corrected chi connectivity index (χ0v) is 20.7. The molecule has 1 unspecified atom stereocenters. The van der Waals surface area contributed by atoms with Gasteiger partial charge in [-0.25, -0.2) is 0 Å². The van der Waals surface area contributed by atoms with Crippen LogP contribution in [0.4, 0.5) is 0 Å². The van der Waals surface area contributed by atoms with E-state index in [4.69, 9.17) is 4.74 Å². The Morgan fingerprint density at radius 1 is 1.14 bits per heavy atom. The Labute approximate surface area is 210 Å². The predicted molar refractivity (Wildman–Crippen MR) is 133 cm³/mol. The van der Waals surface area contributed by atoms with Gasteiger partial charge in [-0.3, -0.25) is 24.2 Å². The first-order valence-electron chi connectivity index (χ1n) is 12.1.